The third-order valence-electron chi connectivity index (χ3n) is 2.49. The normalized spacial score (nSPS) is 10.3. The molecule has 0 aliphatic carbocycles. The fourth-order valence-electron chi connectivity index (χ4n) is 1.35. The van der Waals surface area contributed by atoms with E-state index in [9.17, 15) is 0 Å². The van der Waals surface area contributed by atoms with Gasteiger partial charge in [-0.2, -0.15) is 0 Å². The molecule has 0 saturated carbocycles. The summed E-state index contributed by atoms with van der Waals surface area (Å²) in [5.74, 6) is 0.0790. The first-order valence-electron chi connectivity index (χ1n) is 5.74. The quantitative estimate of drug-likeness (QED) is 0.507. The molecule has 0 aromatic heterocycles. The van der Waals surface area contributed by atoms with Gasteiger partial charge in [0.05, 0.1) is 5.69 Å². The second kappa shape index (κ2) is 6.75. The summed E-state index contributed by atoms with van der Waals surface area (Å²) in [6, 6.07) is 7.69. The van der Waals surface area contributed by atoms with E-state index in [1.54, 1.807) is 0 Å². The minimum Gasteiger partial charge on any atom is -0.384 e. The Balaban J connectivity index is 2.43. The van der Waals surface area contributed by atoms with Gasteiger partial charge >= 0.3 is 0 Å². The number of anilines is 1. The zero-order valence-corrected chi connectivity index (χ0v) is 10.5. The summed E-state index contributed by atoms with van der Waals surface area (Å²) in [5.41, 5.74) is 12.4. The van der Waals surface area contributed by atoms with Crippen LogP contribution in [0, 0.1) is 0 Å². The Hall–Kier alpha value is -1.75. The number of nitrogens with one attached hydrogen (secondary N) is 1. The minimum absolute atomic E-state index is 0.0790. The molecule has 5 N–H and O–H groups in total. The molecule has 5 heteroatoms. The van der Waals surface area contributed by atoms with E-state index in [0.717, 1.165) is 31.0 Å². The molecule has 0 spiro atoms. The zero-order chi connectivity index (χ0) is 12.7. The minimum atomic E-state index is 0.0790. The highest BCUT2D eigenvalue weighted by molar-refractivity contribution is 5.79. The molecule has 0 bridgehead atoms. The highest BCUT2D eigenvalue weighted by Crippen LogP contribution is 2.15. The molecule has 1 rings (SSSR count). The van der Waals surface area contributed by atoms with Crippen LogP contribution < -0.4 is 16.8 Å². The van der Waals surface area contributed by atoms with Gasteiger partial charge in [0.1, 0.15) is 0 Å². The number of benzene rings is 1. The Kier molecular flexibility index (Phi) is 5.29. The summed E-state index contributed by atoms with van der Waals surface area (Å²) in [5, 5.41) is 3.34. The lowest BCUT2D eigenvalue weighted by atomic mass is 10.3. The van der Waals surface area contributed by atoms with Gasteiger partial charge in [0.2, 0.25) is 0 Å². The van der Waals surface area contributed by atoms with Crippen LogP contribution in [-0.2, 0) is 0 Å². The third-order valence-corrected chi connectivity index (χ3v) is 2.49. The predicted molar refractivity (Wildman–Crippen MR) is 73.6 cm³/mol. The van der Waals surface area contributed by atoms with Crippen LogP contribution in [-0.4, -0.2) is 37.5 Å². The molecule has 0 fully saturated rings. The Morgan fingerprint density at radius 1 is 1.29 bits per heavy atom. The van der Waals surface area contributed by atoms with Gasteiger partial charge in [-0.15, -0.1) is 0 Å². The van der Waals surface area contributed by atoms with Crippen LogP contribution in [0.15, 0.2) is 29.3 Å². The van der Waals surface area contributed by atoms with Crippen molar-refractivity contribution >= 4 is 17.3 Å². The van der Waals surface area contributed by atoms with Gasteiger partial charge in [0.25, 0.3) is 0 Å². The van der Waals surface area contributed by atoms with Crippen molar-refractivity contribution in [1.82, 2.24) is 4.90 Å². The maximum atomic E-state index is 5.30. The molecular weight excluding hydrogens is 214 g/mol. The van der Waals surface area contributed by atoms with Crippen LogP contribution in [0.25, 0.3) is 0 Å². The van der Waals surface area contributed by atoms with E-state index in [1.807, 2.05) is 24.3 Å². The molecule has 0 saturated heterocycles. The average Bonchev–Trinajstić information content (AvgIpc) is 2.30. The largest absolute Gasteiger partial charge is 0.384 e. The van der Waals surface area contributed by atoms with Gasteiger partial charge in [-0.25, -0.2) is 4.99 Å². The number of nitrogens with two attached hydrogens (primary N) is 2. The number of hydrogen-bond acceptors (Lipinski definition) is 3. The van der Waals surface area contributed by atoms with E-state index in [-0.39, 0.29) is 5.96 Å². The van der Waals surface area contributed by atoms with E-state index in [2.05, 4.69) is 29.2 Å². The maximum Gasteiger partial charge on any atom is 0.191 e. The molecule has 0 amide bonds. The first-order valence-corrected chi connectivity index (χ1v) is 5.74. The van der Waals surface area contributed by atoms with E-state index in [4.69, 9.17) is 11.5 Å². The average molecular weight is 235 g/mol. The van der Waals surface area contributed by atoms with Gasteiger partial charge < -0.3 is 21.7 Å². The van der Waals surface area contributed by atoms with E-state index in [0.29, 0.717) is 0 Å². The molecule has 1 aromatic rings. The highest BCUT2D eigenvalue weighted by atomic mass is 15.1. The van der Waals surface area contributed by atoms with Gasteiger partial charge in [0.15, 0.2) is 5.96 Å². The summed E-state index contributed by atoms with van der Waals surface area (Å²) in [6.45, 7) is 5.15. The van der Waals surface area contributed by atoms with Crippen molar-refractivity contribution in [2.75, 3.05) is 32.0 Å². The summed E-state index contributed by atoms with van der Waals surface area (Å²) in [7, 11) is 2.10. The molecule has 17 heavy (non-hydrogen) atoms. The van der Waals surface area contributed by atoms with Crippen molar-refractivity contribution in [2.24, 2.45) is 16.5 Å². The standard InChI is InChI=1S/C12H21N5/c1-3-17(2)9-8-15-10-4-6-11(7-5-10)16-12(13)14/h4-7,15H,3,8-9H2,1-2H3,(H4,13,14,16). The van der Waals surface area contributed by atoms with Crippen LogP contribution >= 0.6 is 0 Å². The molecule has 1 aromatic carbocycles. The molecular formula is C12H21N5. The SMILES string of the molecule is CCN(C)CCNc1ccc(N=C(N)N)cc1. The van der Waals surface area contributed by atoms with E-state index < -0.39 is 0 Å². The summed E-state index contributed by atoms with van der Waals surface area (Å²) < 4.78 is 0. The fraction of sp³-hybridized carbons (Fsp3) is 0.417. The van der Waals surface area contributed by atoms with Gasteiger partial charge in [-0.1, -0.05) is 6.92 Å². The molecule has 0 aliphatic rings. The van der Waals surface area contributed by atoms with Crippen molar-refractivity contribution in [3.8, 4) is 0 Å². The molecule has 0 radical (unpaired) electrons. The van der Waals surface area contributed by atoms with Crippen molar-refractivity contribution in [2.45, 2.75) is 6.92 Å². The fourth-order valence-corrected chi connectivity index (χ4v) is 1.35. The lowest BCUT2D eigenvalue weighted by Crippen LogP contribution is -2.24. The Morgan fingerprint density at radius 2 is 1.94 bits per heavy atom. The molecule has 0 atom stereocenters. The number of guanidine groups is 1. The number of rotatable bonds is 6. The van der Waals surface area contributed by atoms with Gasteiger partial charge in [-0.3, -0.25) is 0 Å². The monoisotopic (exact) mass is 235 g/mol. The van der Waals surface area contributed by atoms with E-state index in [1.165, 1.54) is 0 Å². The number of hydrogen-bond donors (Lipinski definition) is 3. The lowest BCUT2D eigenvalue weighted by Gasteiger charge is -2.14. The molecule has 0 heterocycles. The van der Waals surface area contributed by atoms with Crippen LogP contribution in [0.4, 0.5) is 11.4 Å². The first-order chi connectivity index (χ1) is 8.11. The van der Waals surface area contributed by atoms with Crippen LogP contribution in [0.3, 0.4) is 0 Å². The van der Waals surface area contributed by atoms with Crippen LogP contribution in [0.1, 0.15) is 6.92 Å². The zero-order valence-electron chi connectivity index (χ0n) is 10.5. The maximum absolute atomic E-state index is 5.30. The topological polar surface area (TPSA) is 79.7 Å². The number of nitrogens with zero attached hydrogens (tertiary/aromatic N) is 2. The second-order valence-corrected chi connectivity index (χ2v) is 3.91. The van der Waals surface area contributed by atoms with Crippen molar-refractivity contribution in [1.29, 1.82) is 0 Å². The Bertz CT molecular complexity index is 354. The Labute approximate surface area is 103 Å². The Morgan fingerprint density at radius 3 is 2.47 bits per heavy atom. The summed E-state index contributed by atoms with van der Waals surface area (Å²) in [6.07, 6.45) is 0. The molecule has 94 valence electrons. The highest BCUT2D eigenvalue weighted by Gasteiger charge is 1.95. The summed E-state index contributed by atoms with van der Waals surface area (Å²) in [4.78, 5) is 6.21. The number of aliphatic imine (C=N–C) groups is 1. The van der Waals surface area contributed by atoms with Gasteiger partial charge in [-0.05, 0) is 37.9 Å². The van der Waals surface area contributed by atoms with Crippen molar-refractivity contribution < 1.29 is 0 Å². The number of likely N-dealkylation sites (N-methyl/N-ethyl adjacent to an activating group) is 1. The van der Waals surface area contributed by atoms with Crippen LogP contribution in [0.2, 0.25) is 0 Å². The van der Waals surface area contributed by atoms with Crippen molar-refractivity contribution in [3.63, 3.8) is 0 Å². The van der Waals surface area contributed by atoms with Gasteiger partial charge in [0, 0.05) is 18.8 Å². The molecule has 0 unspecified atom stereocenters. The molecule has 5 nitrogen and oxygen atoms in total. The smallest absolute Gasteiger partial charge is 0.191 e. The van der Waals surface area contributed by atoms with Crippen molar-refractivity contribution in [3.05, 3.63) is 24.3 Å². The molecule has 0 aliphatic heterocycles. The third kappa shape index (κ3) is 5.21. The van der Waals surface area contributed by atoms with Crippen LogP contribution in [0.5, 0.6) is 0 Å². The summed E-state index contributed by atoms with van der Waals surface area (Å²) >= 11 is 0. The lowest BCUT2D eigenvalue weighted by molar-refractivity contribution is 0.367. The predicted octanol–water partition coefficient (Wildman–Crippen LogP) is 0.955. The second-order valence-electron chi connectivity index (χ2n) is 3.91. The van der Waals surface area contributed by atoms with E-state index >= 15 is 0 Å². The first kappa shape index (κ1) is 13.3.